The van der Waals surface area contributed by atoms with Gasteiger partial charge in [-0.05, 0) is 55.3 Å². The molecule has 1 heterocycles. The first-order valence-electron chi connectivity index (χ1n) is 8.77. The van der Waals surface area contributed by atoms with E-state index in [1.165, 1.54) is 42.5 Å². The van der Waals surface area contributed by atoms with Crippen LogP contribution in [0, 0.1) is 0 Å². The second-order valence-electron chi connectivity index (χ2n) is 6.38. The van der Waals surface area contributed by atoms with Crippen LogP contribution in [0.5, 0.6) is 0 Å². The van der Waals surface area contributed by atoms with Gasteiger partial charge in [0.15, 0.2) is 0 Å². The minimum absolute atomic E-state index is 0.100. The Morgan fingerprint density at radius 3 is 2.32 bits per heavy atom. The topological polar surface area (TPSA) is 87.6 Å². The summed E-state index contributed by atoms with van der Waals surface area (Å²) in [6.45, 7) is 0.635. The van der Waals surface area contributed by atoms with Crippen molar-refractivity contribution < 1.29 is 13.2 Å². The fourth-order valence-electron chi connectivity index (χ4n) is 2.78. The predicted molar refractivity (Wildman–Crippen MR) is 112 cm³/mol. The summed E-state index contributed by atoms with van der Waals surface area (Å²) in [6.07, 6.45) is 3.55. The Balaban J connectivity index is 1.70. The van der Waals surface area contributed by atoms with Crippen LogP contribution < -0.4 is 10.0 Å². The maximum Gasteiger partial charge on any atom is 0.262 e. The van der Waals surface area contributed by atoms with Crippen LogP contribution in [-0.4, -0.2) is 26.7 Å². The van der Waals surface area contributed by atoms with E-state index in [9.17, 15) is 13.2 Å². The number of hydrogen-bond acceptors (Lipinski definition) is 4. The van der Waals surface area contributed by atoms with Crippen LogP contribution in [0.25, 0.3) is 0 Å². The molecule has 0 atom stereocenters. The summed E-state index contributed by atoms with van der Waals surface area (Å²) in [4.78, 5) is 16.7. The summed E-state index contributed by atoms with van der Waals surface area (Å²) in [7, 11) is -3.71. The molecular formula is C19H19Cl2N3O3S. The minimum Gasteiger partial charge on any atom is -0.322 e. The van der Waals surface area contributed by atoms with Gasteiger partial charge in [-0.25, -0.2) is 8.42 Å². The van der Waals surface area contributed by atoms with Gasteiger partial charge in [-0.15, -0.1) is 0 Å². The number of aliphatic imine (C=N–C) groups is 1. The lowest BCUT2D eigenvalue weighted by Crippen LogP contribution is -2.30. The Morgan fingerprint density at radius 1 is 0.964 bits per heavy atom. The summed E-state index contributed by atoms with van der Waals surface area (Å²) in [5, 5.41) is 3.39. The van der Waals surface area contributed by atoms with E-state index in [4.69, 9.17) is 23.2 Å². The van der Waals surface area contributed by atoms with E-state index >= 15 is 0 Å². The van der Waals surface area contributed by atoms with Gasteiger partial charge in [-0.2, -0.15) is 0 Å². The molecule has 0 unspecified atom stereocenters. The molecule has 2 aromatic carbocycles. The van der Waals surface area contributed by atoms with Crippen LogP contribution in [0.15, 0.2) is 52.4 Å². The predicted octanol–water partition coefficient (Wildman–Crippen LogP) is 4.50. The first-order chi connectivity index (χ1) is 13.3. The first kappa shape index (κ1) is 20.6. The number of hydrogen-bond donors (Lipinski definition) is 2. The molecule has 0 bridgehead atoms. The first-order valence-corrected chi connectivity index (χ1v) is 11.0. The van der Waals surface area contributed by atoms with Crippen molar-refractivity contribution in [3.8, 4) is 0 Å². The second-order valence-corrected chi connectivity index (χ2v) is 8.94. The highest BCUT2D eigenvalue weighted by Crippen LogP contribution is 2.21. The Kier molecular flexibility index (Phi) is 6.59. The van der Waals surface area contributed by atoms with E-state index in [0.717, 1.165) is 19.3 Å². The van der Waals surface area contributed by atoms with E-state index in [0.29, 0.717) is 40.1 Å². The maximum atomic E-state index is 12.5. The fraction of sp³-hybridized carbons (Fsp3) is 0.263. The molecule has 6 nitrogen and oxygen atoms in total. The highest BCUT2D eigenvalue weighted by molar-refractivity contribution is 7.90. The highest BCUT2D eigenvalue weighted by atomic mass is 35.5. The third kappa shape index (κ3) is 5.47. The summed E-state index contributed by atoms with van der Waals surface area (Å²) in [6, 6.07) is 10.4. The Labute approximate surface area is 174 Å². The number of anilines is 1. The molecule has 148 valence electrons. The van der Waals surface area contributed by atoms with Crippen molar-refractivity contribution in [1.29, 1.82) is 0 Å². The number of amidine groups is 1. The molecule has 0 saturated heterocycles. The van der Waals surface area contributed by atoms with Crippen molar-refractivity contribution in [2.45, 2.75) is 30.6 Å². The van der Waals surface area contributed by atoms with Crippen molar-refractivity contribution >= 4 is 50.7 Å². The van der Waals surface area contributed by atoms with Gasteiger partial charge < -0.3 is 5.32 Å². The molecule has 2 N–H and O–H groups in total. The van der Waals surface area contributed by atoms with Crippen LogP contribution >= 0.6 is 23.2 Å². The van der Waals surface area contributed by atoms with Gasteiger partial charge in [0.25, 0.3) is 15.9 Å². The van der Waals surface area contributed by atoms with Crippen LogP contribution in [0.2, 0.25) is 10.0 Å². The number of halogens is 2. The average molecular weight is 440 g/mol. The van der Waals surface area contributed by atoms with Crippen LogP contribution in [0.4, 0.5) is 5.69 Å². The quantitative estimate of drug-likeness (QED) is 0.734. The number of nitrogens with one attached hydrogen (secondary N) is 2. The van der Waals surface area contributed by atoms with Crippen molar-refractivity contribution in [2.24, 2.45) is 4.99 Å². The number of carbonyl (C=O) groups excluding carboxylic acids is 1. The van der Waals surface area contributed by atoms with Crippen molar-refractivity contribution in [3.05, 3.63) is 58.1 Å². The summed E-state index contributed by atoms with van der Waals surface area (Å²) >= 11 is 11.8. The lowest BCUT2D eigenvalue weighted by atomic mass is 10.2. The number of sulfonamides is 1. The Morgan fingerprint density at radius 2 is 1.64 bits per heavy atom. The molecule has 1 aliphatic heterocycles. The van der Waals surface area contributed by atoms with E-state index in [1.807, 2.05) is 0 Å². The zero-order valence-electron chi connectivity index (χ0n) is 14.9. The van der Waals surface area contributed by atoms with E-state index in [-0.39, 0.29) is 4.90 Å². The van der Waals surface area contributed by atoms with Gasteiger partial charge in [-0.1, -0.05) is 29.6 Å². The molecule has 0 radical (unpaired) electrons. The van der Waals surface area contributed by atoms with E-state index < -0.39 is 15.9 Å². The Hall–Kier alpha value is -2.09. The molecule has 0 fully saturated rings. The van der Waals surface area contributed by atoms with Gasteiger partial charge >= 0.3 is 0 Å². The number of benzene rings is 2. The van der Waals surface area contributed by atoms with Crippen molar-refractivity contribution in [3.63, 3.8) is 0 Å². The molecule has 3 rings (SSSR count). The molecule has 0 aromatic heterocycles. The zero-order valence-corrected chi connectivity index (χ0v) is 17.2. The zero-order chi connectivity index (χ0) is 20.1. The molecule has 1 aliphatic rings. The van der Waals surface area contributed by atoms with E-state index in [2.05, 4.69) is 15.0 Å². The van der Waals surface area contributed by atoms with Gasteiger partial charge in [0.1, 0.15) is 5.84 Å². The SMILES string of the molecule is O=C(Nc1ccc(S(=O)(=O)NC2=NCCCCC2)cc1)c1cc(Cl)cc(Cl)c1. The molecule has 0 saturated carbocycles. The smallest absolute Gasteiger partial charge is 0.262 e. The van der Waals surface area contributed by atoms with Crippen molar-refractivity contribution in [1.82, 2.24) is 4.72 Å². The van der Waals surface area contributed by atoms with Crippen LogP contribution in [0.3, 0.4) is 0 Å². The monoisotopic (exact) mass is 439 g/mol. The van der Waals surface area contributed by atoms with Crippen LogP contribution in [0.1, 0.15) is 36.0 Å². The number of rotatable bonds is 4. The third-order valence-electron chi connectivity index (χ3n) is 4.17. The summed E-state index contributed by atoms with van der Waals surface area (Å²) < 4.78 is 27.6. The maximum absolute atomic E-state index is 12.5. The van der Waals surface area contributed by atoms with Gasteiger partial charge in [0, 0.05) is 34.3 Å². The molecule has 0 spiro atoms. The lowest BCUT2D eigenvalue weighted by Gasteiger charge is -2.11. The summed E-state index contributed by atoms with van der Waals surface area (Å²) in [5.74, 6) is 0.0960. The number of carbonyl (C=O) groups is 1. The van der Waals surface area contributed by atoms with Gasteiger partial charge in [0.2, 0.25) is 0 Å². The second kappa shape index (κ2) is 8.94. The summed E-state index contributed by atoms with van der Waals surface area (Å²) in [5.41, 5.74) is 0.758. The van der Waals surface area contributed by atoms with Gasteiger partial charge in [-0.3, -0.25) is 14.5 Å². The Bertz CT molecular complexity index is 985. The molecule has 28 heavy (non-hydrogen) atoms. The van der Waals surface area contributed by atoms with Crippen LogP contribution in [-0.2, 0) is 10.0 Å². The van der Waals surface area contributed by atoms with E-state index in [1.54, 1.807) is 0 Å². The molecular weight excluding hydrogens is 421 g/mol. The van der Waals surface area contributed by atoms with Gasteiger partial charge in [0.05, 0.1) is 4.90 Å². The largest absolute Gasteiger partial charge is 0.322 e. The molecule has 2 aromatic rings. The molecule has 1 amide bonds. The lowest BCUT2D eigenvalue weighted by molar-refractivity contribution is 0.102. The number of amides is 1. The standard InChI is InChI=1S/C19H19Cl2N3O3S/c20-14-10-13(11-15(21)12-14)19(25)23-16-5-7-17(8-6-16)28(26,27)24-18-4-2-1-3-9-22-18/h5-8,10-12H,1-4,9H2,(H,22,24)(H,23,25). The molecule has 0 aliphatic carbocycles. The normalized spacial score (nSPS) is 14.7. The number of nitrogens with zero attached hydrogens (tertiary/aromatic N) is 1. The fourth-order valence-corrected chi connectivity index (χ4v) is 4.39. The highest BCUT2D eigenvalue weighted by Gasteiger charge is 2.17. The third-order valence-corrected chi connectivity index (χ3v) is 6.01. The molecule has 9 heteroatoms. The van der Waals surface area contributed by atoms with Crippen molar-refractivity contribution in [2.75, 3.05) is 11.9 Å². The average Bonchev–Trinajstić information content (AvgIpc) is 2.89. The minimum atomic E-state index is -3.71.